The average molecular weight is 242 g/mol. The Hall–Kier alpha value is -1.10. The van der Waals surface area contributed by atoms with Crippen molar-refractivity contribution in [2.75, 3.05) is 23.9 Å². The van der Waals surface area contributed by atoms with Crippen molar-refractivity contribution in [3.05, 3.63) is 18.2 Å². The quantitative estimate of drug-likeness (QED) is 0.824. The van der Waals surface area contributed by atoms with E-state index >= 15 is 0 Å². The van der Waals surface area contributed by atoms with Crippen LogP contribution in [-0.4, -0.2) is 33.9 Å². The normalized spacial score (nSPS) is 14.2. The Bertz CT molecular complexity index is 358. The molecule has 0 fully saturated rings. The van der Waals surface area contributed by atoms with Crippen LogP contribution in [0.15, 0.2) is 18.2 Å². The first-order chi connectivity index (χ1) is 7.61. The van der Waals surface area contributed by atoms with Gasteiger partial charge < -0.3 is 10.1 Å². The van der Waals surface area contributed by atoms with Gasteiger partial charge in [0, 0.05) is 34.9 Å². The van der Waals surface area contributed by atoms with Crippen LogP contribution in [0.5, 0.6) is 5.88 Å². The van der Waals surface area contributed by atoms with Gasteiger partial charge in [-0.15, -0.1) is 0 Å². The van der Waals surface area contributed by atoms with E-state index in [-0.39, 0.29) is 6.04 Å². The first-order valence-corrected chi connectivity index (χ1v) is 7.01. The fourth-order valence-electron chi connectivity index (χ4n) is 1.37. The first kappa shape index (κ1) is 13.0. The van der Waals surface area contributed by atoms with Gasteiger partial charge in [-0.2, -0.15) is 4.98 Å². The molecule has 1 aromatic rings. The number of pyridine rings is 1. The molecule has 0 saturated heterocycles. The molecule has 0 aliphatic carbocycles. The van der Waals surface area contributed by atoms with Crippen molar-refractivity contribution in [1.82, 2.24) is 4.98 Å². The minimum absolute atomic E-state index is 0.134. The molecule has 5 heteroatoms. The molecular formula is C11H18N2O2S. The molecule has 0 radical (unpaired) electrons. The van der Waals surface area contributed by atoms with Gasteiger partial charge in [0.05, 0.1) is 6.61 Å². The molecule has 1 aromatic heterocycles. The molecule has 1 heterocycles. The molecule has 0 amide bonds. The number of rotatable bonds is 6. The highest BCUT2D eigenvalue weighted by Crippen LogP contribution is 2.12. The molecular weight excluding hydrogens is 224 g/mol. The highest BCUT2D eigenvalue weighted by atomic mass is 32.2. The van der Waals surface area contributed by atoms with Crippen LogP contribution >= 0.6 is 0 Å². The highest BCUT2D eigenvalue weighted by molar-refractivity contribution is 7.84. The number of nitrogens with zero attached hydrogens (tertiary/aromatic N) is 1. The zero-order chi connectivity index (χ0) is 12.0. The van der Waals surface area contributed by atoms with Crippen LogP contribution in [0.1, 0.15) is 13.8 Å². The van der Waals surface area contributed by atoms with Crippen LogP contribution in [0.25, 0.3) is 0 Å². The Kier molecular flexibility index (Phi) is 5.25. The fraction of sp³-hybridized carbons (Fsp3) is 0.545. The molecule has 16 heavy (non-hydrogen) atoms. The van der Waals surface area contributed by atoms with Gasteiger partial charge in [-0.25, -0.2) is 0 Å². The third kappa shape index (κ3) is 4.61. The second kappa shape index (κ2) is 6.48. The van der Waals surface area contributed by atoms with Crippen molar-refractivity contribution in [3.63, 3.8) is 0 Å². The molecule has 0 saturated carbocycles. The van der Waals surface area contributed by atoms with E-state index in [0.717, 1.165) is 5.82 Å². The van der Waals surface area contributed by atoms with E-state index < -0.39 is 10.8 Å². The van der Waals surface area contributed by atoms with E-state index in [4.69, 9.17) is 4.74 Å². The summed E-state index contributed by atoms with van der Waals surface area (Å²) in [5.41, 5.74) is 0. The largest absolute Gasteiger partial charge is 0.478 e. The summed E-state index contributed by atoms with van der Waals surface area (Å²) in [6.45, 7) is 4.51. The Morgan fingerprint density at radius 3 is 2.94 bits per heavy atom. The van der Waals surface area contributed by atoms with Gasteiger partial charge in [-0.1, -0.05) is 6.07 Å². The minimum Gasteiger partial charge on any atom is -0.478 e. The molecule has 4 nitrogen and oxygen atoms in total. The summed E-state index contributed by atoms with van der Waals surface area (Å²) in [7, 11) is -0.800. The van der Waals surface area contributed by atoms with E-state index in [1.807, 2.05) is 32.0 Å². The number of ether oxygens (including phenoxy) is 1. The molecule has 1 N–H and O–H groups in total. The summed E-state index contributed by atoms with van der Waals surface area (Å²) in [5.74, 6) is 1.97. The molecule has 0 aliphatic rings. The van der Waals surface area contributed by atoms with Crippen molar-refractivity contribution in [2.45, 2.75) is 19.9 Å². The predicted molar refractivity (Wildman–Crippen MR) is 67.4 cm³/mol. The third-order valence-corrected chi connectivity index (χ3v) is 2.86. The number of nitrogens with one attached hydrogen (secondary N) is 1. The maximum absolute atomic E-state index is 11.0. The molecule has 2 atom stereocenters. The smallest absolute Gasteiger partial charge is 0.215 e. The second-order valence-electron chi connectivity index (χ2n) is 3.58. The van der Waals surface area contributed by atoms with Crippen molar-refractivity contribution in [2.24, 2.45) is 0 Å². The van der Waals surface area contributed by atoms with Crippen molar-refractivity contribution in [3.8, 4) is 5.88 Å². The van der Waals surface area contributed by atoms with Crippen molar-refractivity contribution < 1.29 is 8.95 Å². The lowest BCUT2D eigenvalue weighted by atomic mass is 10.3. The summed E-state index contributed by atoms with van der Waals surface area (Å²) in [6, 6.07) is 5.71. The van der Waals surface area contributed by atoms with Gasteiger partial charge in [0.1, 0.15) is 5.82 Å². The van der Waals surface area contributed by atoms with Gasteiger partial charge in [-0.3, -0.25) is 4.21 Å². The van der Waals surface area contributed by atoms with E-state index in [1.54, 1.807) is 6.26 Å². The number of aromatic nitrogens is 1. The van der Waals surface area contributed by atoms with Gasteiger partial charge in [-0.05, 0) is 19.9 Å². The number of hydrogen-bond acceptors (Lipinski definition) is 4. The monoisotopic (exact) mass is 242 g/mol. The van der Waals surface area contributed by atoms with Crippen LogP contribution in [0, 0.1) is 0 Å². The zero-order valence-electron chi connectivity index (χ0n) is 9.90. The van der Waals surface area contributed by atoms with Crippen LogP contribution in [0.4, 0.5) is 5.82 Å². The Morgan fingerprint density at radius 2 is 2.31 bits per heavy atom. The van der Waals surface area contributed by atoms with E-state index in [2.05, 4.69) is 10.3 Å². The van der Waals surface area contributed by atoms with Gasteiger partial charge >= 0.3 is 0 Å². The number of hydrogen-bond donors (Lipinski definition) is 1. The maximum Gasteiger partial charge on any atom is 0.215 e. The summed E-state index contributed by atoms with van der Waals surface area (Å²) >= 11 is 0. The summed E-state index contributed by atoms with van der Waals surface area (Å²) in [6.07, 6.45) is 1.70. The first-order valence-electron chi connectivity index (χ1n) is 5.28. The van der Waals surface area contributed by atoms with E-state index in [9.17, 15) is 4.21 Å². The zero-order valence-corrected chi connectivity index (χ0v) is 10.7. The maximum atomic E-state index is 11.0. The van der Waals surface area contributed by atoms with Gasteiger partial charge in [0.2, 0.25) is 5.88 Å². The van der Waals surface area contributed by atoms with Crippen molar-refractivity contribution in [1.29, 1.82) is 0 Å². The molecule has 0 aliphatic heterocycles. The number of anilines is 1. The Morgan fingerprint density at radius 1 is 1.56 bits per heavy atom. The summed E-state index contributed by atoms with van der Waals surface area (Å²) < 4.78 is 16.3. The van der Waals surface area contributed by atoms with Gasteiger partial charge in [0.25, 0.3) is 0 Å². The fourth-order valence-corrected chi connectivity index (χ4v) is 2.16. The Labute approximate surface area is 98.9 Å². The van der Waals surface area contributed by atoms with Crippen LogP contribution in [0.2, 0.25) is 0 Å². The average Bonchev–Trinajstić information content (AvgIpc) is 2.17. The topological polar surface area (TPSA) is 51.2 Å². The molecule has 2 unspecified atom stereocenters. The third-order valence-electron chi connectivity index (χ3n) is 1.89. The van der Waals surface area contributed by atoms with E-state index in [1.165, 1.54) is 0 Å². The second-order valence-corrected chi connectivity index (χ2v) is 5.06. The summed E-state index contributed by atoms with van der Waals surface area (Å²) in [5, 5.41) is 3.19. The van der Waals surface area contributed by atoms with E-state index in [0.29, 0.717) is 18.2 Å². The summed E-state index contributed by atoms with van der Waals surface area (Å²) in [4.78, 5) is 4.28. The standard InChI is InChI=1S/C11H18N2O2S/c1-4-15-11-7-5-6-10(13-11)12-9(2)8-16(3)14/h5-7,9H,4,8H2,1-3H3,(H,12,13). The predicted octanol–water partition coefficient (Wildman–Crippen LogP) is 1.66. The molecule has 0 bridgehead atoms. The Balaban J connectivity index is 2.59. The molecule has 0 spiro atoms. The van der Waals surface area contributed by atoms with Crippen LogP contribution in [-0.2, 0) is 10.8 Å². The minimum atomic E-state index is -0.800. The van der Waals surface area contributed by atoms with Crippen LogP contribution in [0.3, 0.4) is 0 Å². The lowest BCUT2D eigenvalue weighted by Crippen LogP contribution is -2.22. The highest BCUT2D eigenvalue weighted by Gasteiger charge is 2.05. The molecule has 1 rings (SSSR count). The lowest BCUT2D eigenvalue weighted by Gasteiger charge is -2.13. The van der Waals surface area contributed by atoms with Gasteiger partial charge in [0.15, 0.2) is 0 Å². The van der Waals surface area contributed by atoms with Crippen molar-refractivity contribution >= 4 is 16.6 Å². The SMILES string of the molecule is CCOc1cccc(NC(C)CS(C)=O)n1. The lowest BCUT2D eigenvalue weighted by molar-refractivity contribution is 0.327. The molecule has 90 valence electrons. The molecule has 0 aromatic carbocycles. The van der Waals surface area contributed by atoms with Crippen LogP contribution < -0.4 is 10.1 Å².